The van der Waals surface area contributed by atoms with Crippen molar-refractivity contribution in [2.75, 3.05) is 19.6 Å². The third-order valence-electron chi connectivity index (χ3n) is 4.36. The van der Waals surface area contributed by atoms with Crippen LogP contribution in [0.2, 0.25) is 0 Å². The number of aryl methyl sites for hydroxylation is 1. The van der Waals surface area contributed by atoms with Crippen LogP contribution < -0.4 is 5.32 Å². The van der Waals surface area contributed by atoms with E-state index in [9.17, 15) is 9.18 Å². The molecule has 1 N–H and O–H groups in total. The van der Waals surface area contributed by atoms with Gasteiger partial charge in [-0.3, -0.25) is 4.79 Å². The average molecular weight is 292 g/mol. The topological polar surface area (TPSA) is 32.3 Å². The first-order chi connectivity index (χ1) is 10.1. The van der Waals surface area contributed by atoms with Gasteiger partial charge >= 0.3 is 0 Å². The van der Waals surface area contributed by atoms with Crippen molar-refractivity contribution in [2.45, 2.75) is 39.7 Å². The van der Waals surface area contributed by atoms with Gasteiger partial charge in [-0.2, -0.15) is 0 Å². The van der Waals surface area contributed by atoms with Gasteiger partial charge in [0.2, 0.25) is 0 Å². The van der Waals surface area contributed by atoms with Gasteiger partial charge in [0.25, 0.3) is 5.91 Å². The lowest BCUT2D eigenvalue weighted by Gasteiger charge is -2.38. The molecule has 0 radical (unpaired) electrons. The molecular weight excluding hydrogens is 267 g/mol. The number of benzene rings is 1. The highest BCUT2D eigenvalue weighted by Crippen LogP contribution is 2.23. The van der Waals surface area contributed by atoms with E-state index in [1.54, 1.807) is 17.0 Å². The Bertz CT molecular complexity index is 504. The van der Waals surface area contributed by atoms with E-state index in [0.29, 0.717) is 25.0 Å². The molecule has 1 aliphatic heterocycles. The van der Waals surface area contributed by atoms with Gasteiger partial charge in [0.15, 0.2) is 0 Å². The third kappa shape index (κ3) is 3.62. The largest absolute Gasteiger partial charge is 0.338 e. The molecule has 0 aromatic heterocycles. The first-order valence-electron chi connectivity index (χ1n) is 7.85. The number of nitrogens with one attached hydrogen (secondary N) is 1. The van der Waals surface area contributed by atoms with Gasteiger partial charge in [0, 0.05) is 19.1 Å². The highest BCUT2D eigenvalue weighted by Gasteiger charge is 2.31. The summed E-state index contributed by atoms with van der Waals surface area (Å²) in [6.45, 7) is 8.48. The van der Waals surface area contributed by atoms with Crippen LogP contribution in [0.1, 0.15) is 42.6 Å². The summed E-state index contributed by atoms with van der Waals surface area (Å²) in [5.41, 5.74) is 1.11. The van der Waals surface area contributed by atoms with E-state index in [2.05, 4.69) is 19.2 Å². The summed E-state index contributed by atoms with van der Waals surface area (Å²) < 4.78 is 13.9. The quantitative estimate of drug-likeness (QED) is 0.925. The zero-order valence-corrected chi connectivity index (χ0v) is 13.2. The van der Waals surface area contributed by atoms with Crippen LogP contribution in [-0.4, -0.2) is 36.5 Å². The number of hydrogen-bond acceptors (Lipinski definition) is 2. The first-order valence-corrected chi connectivity index (χ1v) is 7.85. The van der Waals surface area contributed by atoms with E-state index in [1.165, 1.54) is 6.07 Å². The second-order valence-corrected chi connectivity index (χ2v) is 5.86. The molecule has 116 valence electrons. The van der Waals surface area contributed by atoms with Gasteiger partial charge < -0.3 is 10.2 Å². The minimum absolute atomic E-state index is 0.176. The Balaban J connectivity index is 2.12. The summed E-state index contributed by atoms with van der Waals surface area (Å²) in [7, 11) is 0. The number of piperidine rings is 1. The molecule has 1 aliphatic rings. The fourth-order valence-corrected chi connectivity index (χ4v) is 3.13. The maximum atomic E-state index is 13.9. The smallest absolute Gasteiger partial charge is 0.256 e. The molecule has 21 heavy (non-hydrogen) atoms. The van der Waals surface area contributed by atoms with Crippen molar-refractivity contribution in [2.24, 2.45) is 5.92 Å². The number of rotatable bonds is 4. The van der Waals surface area contributed by atoms with Crippen LogP contribution >= 0.6 is 0 Å². The minimum Gasteiger partial charge on any atom is -0.338 e. The Morgan fingerprint density at radius 1 is 1.43 bits per heavy atom. The number of likely N-dealkylation sites (tertiary alicyclic amines) is 1. The normalized spacial score (nSPS) is 22.4. The molecule has 2 rings (SSSR count). The predicted molar refractivity (Wildman–Crippen MR) is 82.9 cm³/mol. The number of carbonyl (C=O) groups is 1. The van der Waals surface area contributed by atoms with Crippen LogP contribution in [0.4, 0.5) is 4.39 Å². The zero-order chi connectivity index (χ0) is 15.4. The molecule has 4 heteroatoms. The monoisotopic (exact) mass is 292 g/mol. The van der Waals surface area contributed by atoms with Gasteiger partial charge in [0.1, 0.15) is 5.82 Å². The molecule has 0 bridgehead atoms. The fraction of sp³-hybridized carbons (Fsp3) is 0.588. The number of halogens is 1. The molecule has 0 aliphatic carbocycles. The van der Waals surface area contributed by atoms with E-state index in [1.807, 2.05) is 6.92 Å². The minimum atomic E-state index is -0.424. The van der Waals surface area contributed by atoms with Crippen molar-refractivity contribution in [3.8, 4) is 0 Å². The molecule has 0 spiro atoms. The average Bonchev–Trinajstić information content (AvgIpc) is 2.49. The lowest BCUT2D eigenvalue weighted by Crippen LogP contribution is -2.51. The summed E-state index contributed by atoms with van der Waals surface area (Å²) in [5, 5.41) is 3.49. The molecule has 1 aromatic carbocycles. The highest BCUT2D eigenvalue weighted by atomic mass is 19.1. The second kappa shape index (κ2) is 7.03. The Hall–Kier alpha value is -1.42. The van der Waals surface area contributed by atoms with Crippen LogP contribution in [0.25, 0.3) is 0 Å². The Morgan fingerprint density at radius 3 is 2.86 bits per heavy atom. The van der Waals surface area contributed by atoms with Crippen LogP contribution in [0, 0.1) is 18.7 Å². The van der Waals surface area contributed by atoms with Crippen molar-refractivity contribution < 1.29 is 9.18 Å². The summed E-state index contributed by atoms with van der Waals surface area (Å²) in [5.74, 6) is -0.160. The van der Waals surface area contributed by atoms with E-state index in [4.69, 9.17) is 0 Å². The number of amides is 1. The van der Waals surface area contributed by atoms with Gasteiger partial charge in [-0.05, 0) is 37.9 Å². The Labute approximate surface area is 126 Å². The highest BCUT2D eigenvalue weighted by molar-refractivity contribution is 5.94. The van der Waals surface area contributed by atoms with E-state index in [0.717, 1.165) is 24.9 Å². The summed E-state index contributed by atoms with van der Waals surface area (Å²) >= 11 is 0. The van der Waals surface area contributed by atoms with Crippen molar-refractivity contribution in [3.05, 3.63) is 35.1 Å². The van der Waals surface area contributed by atoms with Crippen molar-refractivity contribution in [1.82, 2.24) is 10.2 Å². The fourth-order valence-electron chi connectivity index (χ4n) is 3.13. The molecule has 2 unspecified atom stereocenters. The van der Waals surface area contributed by atoms with Crippen molar-refractivity contribution in [3.63, 3.8) is 0 Å². The van der Waals surface area contributed by atoms with E-state index in [-0.39, 0.29) is 11.5 Å². The maximum Gasteiger partial charge on any atom is 0.256 e. The molecule has 1 aromatic rings. The molecule has 1 amide bonds. The van der Waals surface area contributed by atoms with Crippen LogP contribution in [-0.2, 0) is 0 Å². The van der Waals surface area contributed by atoms with Crippen molar-refractivity contribution in [1.29, 1.82) is 0 Å². The van der Waals surface area contributed by atoms with Gasteiger partial charge in [-0.15, -0.1) is 0 Å². The maximum absolute atomic E-state index is 13.9. The van der Waals surface area contributed by atoms with Crippen LogP contribution in [0.5, 0.6) is 0 Å². The second-order valence-electron chi connectivity index (χ2n) is 5.86. The number of hydrogen-bond donors (Lipinski definition) is 1. The summed E-state index contributed by atoms with van der Waals surface area (Å²) in [6.07, 6.45) is 1.96. The Kier molecular flexibility index (Phi) is 5.34. The standard InChI is InChI=1S/C17H25FN2O/c1-4-13-11-20(9-8-16(13)19-5-2)17(21)14-10-12(3)6-7-15(14)18/h6-7,10,13,16,19H,4-5,8-9,11H2,1-3H3. The van der Waals surface area contributed by atoms with Gasteiger partial charge in [-0.25, -0.2) is 4.39 Å². The molecule has 1 saturated heterocycles. The first kappa shape index (κ1) is 16.0. The van der Waals surface area contributed by atoms with Crippen LogP contribution in [0.15, 0.2) is 18.2 Å². The van der Waals surface area contributed by atoms with Crippen molar-refractivity contribution >= 4 is 5.91 Å². The SMILES string of the molecule is CCNC1CCN(C(=O)c2cc(C)ccc2F)CC1CC. The third-order valence-corrected chi connectivity index (χ3v) is 4.36. The molecule has 1 heterocycles. The Morgan fingerprint density at radius 2 is 2.19 bits per heavy atom. The molecule has 0 saturated carbocycles. The molecular formula is C17H25FN2O. The number of carbonyl (C=O) groups excluding carboxylic acids is 1. The zero-order valence-electron chi connectivity index (χ0n) is 13.2. The molecule has 2 atom stereocenters. The molecule has 1 fully saturated rings. The number of nitrogens with zero attached hydrogens (tertiary/aromatic N) is 1. The van der Waals surface area contributed by atoms with Gasteiger partial charge in [0.05, 0.1) is 5.56 Å². The van der Waals surface area contributed by atoms with Crippen LogP contribution in [0.3, 0.4) is 0 Å². The van der Waals surface area contributed by atoms with E-state index >= 15 is 0 Å². The molecule has 3 nitrogen and oxygen atoms in total. The lowest BCUT2D eigenvalue weighted by molar-refractivity contribution is 0.0623. The predicted octanol–water partition coefficient (Wildman–Crippen LogP) is 2.98. The summed E-state index contributed by atoms with van der Waals surface area (Å²) in [6, 6.07) is 5.19. The summed E-state index contributed by atoms with van der Waals surface area (Å²) in [4.78, 5) is 14.4. The van der Waals surface area contributed by atoms with E-state index < -0.39 is 5.82 Å². The van der Waals surface area contributed by atoms with Gasteiger partial charge in [-0.1, -0.05) is 31.9 Å². The lowest BCUT2D eigenvalue weighted by atomic mass is 9.89.